The lowest BCUT2D eigenvalue weighted by Crippen LogP contribution is -2.31. The van der Waals surface area contributed by atoms with Crippen LogP contribution in [-0.2, 0) is 16.1 Å². The van der Waals surface area contributed by atoms with Gasteiger partial charge in [-0.05, 0) is 12.8 Å². The van der Waals surface area contributed by atoms with E-state index in [0.29, 0.717) is 22.8 Å². The van der Waals surface area contributed by atoms with E-state index in [-0.39, 0.29) is 19.1 Å². The van der Waals surface area contributed by atoms with Crippen molar-refractivity contribution < 1.29 is 9.53 Å². The lowest BCUT2D eigenvalue weighted by molar-refractivity contribution is -0.119. The number of methoxy groups -OCH3 is 1. The molecule has 0 radical (unpaired) electrons. The number of hydrogen-bond acceptors (Lipinski definition) is 5. The SMILES string of the molecule is COCc1nc(Cl)cc(NCC(=O)NC2CC2)n1. The van der Waals surface area contributed by atoms with E-state index in [0.717, 1.165) is 12.8 Å². The van der Waals surface area contributed by atoms with Crippen molar-refractivity contribution in [3.05, 3.63) is 17.0 Å². The maximum absolute atomic E-state index is 11.5. The number of aromatic nitrogens is 2. The van der Waals surface area contributed by atoms with Crippen LogP contribution in [0.2, 0.25) is 5.15 Å². The Balaban J connectivity index is 1.88. The Morgan fingerprint density at radius 1 is 1.56 bits per heavy atom. The number of anilines is 1. The molecule has 18 heavy (non-hydrogen) atoms. The molecule has 6 nitrogen and oxygen atoms in total. The van der Waals surface area contributed by atoms with Crippen molar-refractivity contribution in [1.82, 2.24) is 15.3 Å². The topological polar surface area (TPSA) is 76.1 Å². The predicted molar refractivity (Wildman–Crippen MR) is 67.4 cm³/mol. The van der Waals surface area contributed by atoms with Crippen LogP contribution in [0, 0.1) is 0 Å². The highest BCUT2D eigenvalue weighted by Gasteiger charge is 2.22. The van der Waals surface area contributed by atoms with Gasteiger partial charge in [-0.3, -0.25) is 4.79 Å². The molecule has 1 fully saturated rings. The van der Waals surface area contributed by atoms with Crippen molar-refractivity contribution in [1.29, 1.82) is 0 Å². The molecule has 98 valence electrons. The number of nitrogens with one attached hydrogen (secondary N) is 2. The third kappa shape index (κ3) is 4.12. The van der Waals surface area contributed by atoms with Gasteiger partial charge in [0.25, 0.3) is 0 Å². The normalized spacial score (nSPS) is 14.3. The van der Waals surface area contributed by atoms with Gasteiger partial charge < -0.3 is 15.4 Å². The zero-order chi connectivity index (χ0) is 13.0. The summed E-state index contributed by atoms with van der Waals surface area (Å²) in [6.45, 7) is 0.458. The van der Waals surface area contributed by atoms with Gasteiger partial charge in [0.2, 0.25) is 5.91 Å². The van der Waals surface area contributed by atoms with Gasteiger partial charge in [-0.2, -0.15) is 0 Å². The number of hydrogen-bond donors (Lipinski definition) is 2. The molecule has 1 saturated carbocycles. The lowest BCUT2D eigenvalue weighted by Gasteiger charge is -2.07. The summed E-state index contributed by atoms with van der Waals surface area (Å²) in [6.07, 6.45) is 2.14. The second kappa shape index (κ2) is 5.97. The maximum Gasteiger partial charge on any atom is 0.239 e. The van der Waals surface area contributed by atoms with Crippen LogP contribution in [0.4, 0.5) is 5.82 Å². The summed E-state index contributed by atoms with van der Waals surface area (Å²) in [7, 11) is 1.56. The van der Waals surface area contributed by atoms with Gasteiger partial charge in [-0.1, -0.05) is 11.6 Å². The van der Waals surface area contributed by atoms with Crippen LogP contribution >= 0.6 is 11.6 Å². The maximum atomic E-state index is 11.5. The largest absolute Gasteiger partial charge is 0.377 e. The second-order valence-corrected chi connectivity index (χ2v) is 4.51. The fraction of sp³-hybridized carbons (Fsp3) is 0.545. The minimum atomic E-state index is -0.0412. The number of carbonyl (C=O) groups is 1. The Kier molecular flexibility index (Phi) is 4.33. The number of carbonyl (C=O) groups excluding carboxylic acids is 1. The number of ether oxygens (including phenoxy) is 1. The number of rotatable bonds is 6. The molecule has 1 heterocycles. The van der Waals surface area contributed by atoms with E-state index in [1.165, 1.54) is 0 Å². The van der Waals surface area contributed by atoms with Crippen molar-refractivity contribution in [2.24, 2.45) is 0 Å². The molecule has 2 rings (SSSR count). The molecule has 0 unspecified atom stereocenters. The third-order valence-electron chi connectivity index (χ3n) is 2.39. The molecule has 1 aliphatic carbocycles. The summed E-state index contributed by atoms with van der Waals surface area (Å²) in [5.74, 6) is 0.962. The van der Waals surface area contributed by atoms with E-state index in [9.17, 15) is 4.79 Å². The Morgan fingerprint density at radius 3 is 3.00 bits per heavy atom. The van der Waals surface area contributed by atoms with Crippen LogP contribution in [0.1, 0.15) is 18.7 Å². The molecule has 0 aromatic carbocycles. The molecular formula is C11H15ClN4O2. The zero-order valence-corrected chi connectivity index (χ0v) is 10.8. The van der Waals surface area contributed by atoms with Crippen LogP contribution in [0.3, 0.4) is 0 Å². The first-order valence-corrected chi connectivity index (χ1v) is 6.11. The highest BCUT2D eigenvalue weighted by atomic mass is 35.5. The molecule has 0 spiro atoms. The molecule has 7 heteroatoms. The Bertz CT molecular complexity index is 437. The molecule has 1 amide bonds. The van der Waals surface area contributed by atoms with Crippen LogP contribution in [-0.4, -0.2) is 35.6 Å². The van der Waals surface area contributed by atoms with E-state index in [1.54, 1.807) is 13.2 Å². The summed E-state index contributed by atoms with van der Waals surface area (Å²) < 4.78 is 4.93. The summed E-state index contributed by atoms with van der Waals surface area (Å²) >= 11 is 5.85. The average Bonchev–Trinajstić information content (AvgIpc) is 3.10. The van der Waals surface area contributed by atoms with Crippen molar-refractivity contribution in [2.45, 2.75) is 25.5 Å². The molecular weight excluding hydrogens is 256 g/mol. The summed E-state index contributed by atoms with van der Waals surface area (Å²) in [5, 5.41) is 6.11. The van der Waals surface area contributed by atoms with Gasteiger partial charge in [0, 0.05) is 19.2 Å². The van der Waals surface area contributed by atoms with E-state index < -0.39 is 0 Å². The van der Waals surface area contributed by atoms with Crippen molar-refractivity contribution in [3.8, 4) is 0 Å². The third-order valence-corrected chi connectivity index (χ3v) is 2.58. The quantitative estimate of drug-likeness (QED) is 0.753. The van der Waals surface area contributed by atoms with Gasteiger partial charge in [-0.15, -0.1) is 0 Å². The first-order chi connectivity index (χ1) is 8.67. The lowest BCUT2D eigenvalue weighted by atomic mass is 10.5. The number of halogens is 1. The van der Waals surface area contributed by atoms with Crippen LogP contribution in [0.15, 0.2) is 6.07 Å². The van der Waals surface area contributed by atoms with Gasteiger partial charge in [0.15, 0.2) is 5.82 Å². The number of amides is 1. The fourth-order valence-corrected chi connectivity index (χ4v) is 1.63. The smallest absolute Gasteiger partial charge is 0.239 e. The van der Waals surface area contributed by atoms with E-state index in [2.05, 4.69) is 20.6 Å². The highest BCUT2D eigenvalue weighted by molar-refractivity contribution is 6.29. The molecule has 1 aromatic heterocycles. The Hall–Kier alpha value is -1.40. The first kappa shape index (κ1) is 13.0. The van der Waals surface area contributed by atoms with Crippen LogP contribution < -0.4 is 10.6 Å². The second-order valence-electron chi connectivity index (χ2n) is 4.12. The molecule has 0 aliphatic heterocycles. The number of nitrogens with zero attached hydrogens (tertiary/aromatic N) is 2. The van der Waals surface area contributed by atoms with Crippen molar-refractivity contribution in [2.75, 3.05) is 19.0 Å². The average molecular weight is 271 g/mol. The molecule has 1 aliphatic rings. The Labute approximate surface area is 110 Å². The van der Waals surface area contributed by atoms with Crippen LogP contribution in [0.25, 0.3) is 0 Å². The van der Waals surface area contributed by atoms with E-state index >= 15 is 0 Å². The van der Waals surface area contributed by atoms with E-state index in [4.69, 9.17) is 16.3 Å². The molecule has 0 atom stereocenters. The summed E-state index contributed by atoms with van der Waals surface area (Å²) in [5.41, 5.74) is 0. The summed E-state index contributed by atoms with van der Waals surface area (Å²) in [6, 6.07) is 1.93. The van der Waals surface area contributed by atoms with Gasteiger partial charge in [0.1, 0.15) is 17.6 Å². The monoisotopic (exact) mass is 270 g/mol. The van der Waals surface area contributed by atoms with Crippen molar-refractivity contribution in [3.63, 3.8) is 0 Å². The van der Waals surface area contributed by atoms with Gasteiger partial charge in [0.05, 0.1) is 6.54 Å². The molecule has 0 bridgehead atoms. The summed E-state index contributed by atoms with van der Waals surface area (Å²) in [4.78, 5) is 19.7. The van der Waals surface area contributed by atoms with Gasteiger partial charge in [-0.25, -0.2) is 9.97 Å². The minimum Gasteiger partial charge on any atom is -0.377 e. The molecule has 0 saturated heterocycles. The Morgan fingerprint density at radius 2 is 2.33 bits per heavy atom. The molecule has 1 aromatic rings. The fourth-order valence-electron chi connectivity index (χ4n) is 1.43. The minimum absolute atomic E-state index is 0.0412. The van der Waals surface area contributed by atoms with Crippen LogP contribution in [0.5, 0.6) is 0 Å². The zero-order valence-electron chi connectivity index (χ0n) is 10.1. The van der Waals surface area contributed by atoms with Crippen molar-refractivity contribution >= 4 is 23.3 Å². The standard InChI is InChI=1S/C11H15ClN4O2/c1-18-6-10-15-8(12)4-9(16-10)13-5-11(17)14-7-2-3-7/h4,7H,2-3,5-6H2,1H3,(H,14,17)(H,13,15,16). The van der Waals surface area contributed by atoms with E-state index in [1.807, 2.05) is 0 Å². The molecule has 2 N–H and O–H groups in total. The predicted octanol–water partition coefficient (Wildman–Crippen LogP) is 0.967. The van der Waals surface area contributed by atoms with Gasteiger partial charge >= 0.3 is 0 Å². The first-order valence-electron chi connectivity index (χ1n) is 5.73. The highest BCUT2D eigenvalue weighted by Crippen LogP contribution is 2.18.